The Morgan fingerprint density at radius 2 is 1.55 bits per heavy atom. The van der Waals surface area contributed by atoms with E-state index in [4.69, 9.17) is 9.47 Å². The molecule has 0 aliphatic carbocycles. The van der Waals surface area contributed by atoms with Crippen LogP contribution in [0.1, 0.15) is 31.9 Å². The van der Waals surface area contributed by atoms with Crippen LogP contribution in [0.5, 0.6) is 0 Å². The summed E-state index contributed by atoms with van der Waals surface area (Å²) in [5.74, 6) is 0. The maximum atomic E-state index is 12.9. The molecule has 4 rings (SSSR count). The van der Waals surface area contributed by atoms with E-state index in [0.717, 1.165) is 11.1 Å². The van der Waals surface area contributed by atoms with Crippen LogP contribution in [0, 0.1) is 0 Å². The quantitative estimate of drug-likeness (QED) is 0.738. The molecule has 31 heavy (non-hydrogen) atoms. The lowest BCUT2D eigenvalue weighted by Crippen LogP contribution is -2.60. The molecule has 2 fully saturated rings. The summed E-state index contributed by atoms with van der Waals surface area (Å²) in [4.78, 5) is 29.1. The number of fused-ring (bicyclic) bond motifs is 1. The highest BCUT2D eigenvalue weighted by molar-refractivity contribution is 5.74. The Hall–Kier alpha value is -3.02. The molecule has 2 aliphatic rings. The topological polar surface area (TPSA) is 59.1 Å². The van der Waals surface area contributed by atoms with Gasteiger partial charge < -0.3 is 14.4 Å². The van der Waals surface area contributed by atoms with Gasteiger partial charge in [-0.3, -0.25) is 4.90 Å². The molecule has 6 heteroatoms. The van der Waals surface area contributed by atoms with E-state index >= 15 is 0 Å². The first-order chi connectivity index (χ1) is 14.8. The number of nitrogens with zero attached hydrogens (tertiary/aromatic N) is 2. The molecular weight excluding hydrogens is 392 g/mol. The maximum Gasteiger partial charge on any atom is 0.410 e. The van der Waals surface area contributed by atoms with Crippen molar-refractivity contribution in [3.63, 3.8) is 0 Å². The standard InChI is InChI=1S/C25H30N2O4/c1-24(2,3)30-22(28)26-14-15-27-21(18-26)25(31-23(27)29,16-19-10-6-4-7-11-19)17-20-12-8-5-9-13-20/h4-13,21H,14-18H2,1-3H3. The third-order valence-corrected chi connectivity index (χ3v) is 5.86. The summed E-state index contributed by atoms with van der Waals surface area (Å²) in [6.07, 6.45) is 0.510. The highest BCUT2D eigenvalue weighted by atomic mass is 16.6. The van der Waals surface area contributed by atoms with Gasteiger partial charge in [-0.1, -0.05) is 60.7 Å². The van der Waals surface area contributed by atoms with E-state index in [-0.39, 0.29) is 18.2 Å². The lowest BCUT2D eigenvalue weighted by Gasteiger charge is -2.42. The summed E-state index contributed by atoms with van der Waals surface area (Å²) in [6, 6.07) is 19.9. The van der Waals surface area contributed by atoms with Crippen molar-refractivity contribution in [3.05, 3.63) is 71.8 Å². The van der Waals surface area contributed by atoms with Crippen LogP contribution in [0.15, 0.2) is 60.7 Å². The number of benzene rings is 2. The Labute approximate surface area is 183 Å². The summed E-state index contributed by atoms with van der Waals surface area (Å²) in [6.45, 7) is 6.84. The summed E-state index contributed by atoms with van der Waals surface area (Å²) in [5.41, 5.74) is 0.868. The molecule has 2 aliphatic heterocycles. The van der Waals surface area contributed by atoms with E-state index in [1.165, 1.54) is 0 Å². The number of ether oxygens (including phenoxy) is 2. The molecule has 0 bridgehead atoms. The van der Waals surface area contributed by atoms with Crippen LogP contribution in [0.3, 0.4) is 0 Å². The largest absolute Gasteiger partial charge is 0.444 e. The molecular formula is C25H30N2O4. The van der Waals surface area contributed by atoms with Crippen LogP contribution in [0.25, 0.3) is 0 Å². The first-order valence-corrected chi connectivity index (χ1v) is 10.8. The molecule has 2 saturated heterocycles. The van der Waals surface area contributed by atoms with Gasteiger partial charge in [-0.05, 0) is 31.9 Å². The van der Waals surface area contributed by atoms with Gasteiger partial charge in [0.15, 0.2) is 0 Å². The zero-order chi connectivity index (χ0) is 22.1. The summed E-state index contributed by atoms with van der Waals surface area (Å²) >= 11 is 0. The Balaban J connectivity index is 1.66. The zero-order valence-electron chi connectivity index (χ0n) is 18.4. The second-order valence-electron chi connectivity index (χ2n) is 9.39. The number of carbonyl (C=O) groups is 2. The van der Waals surface area contributed by atoms with E-state index in [2.05, 4.69) is 24.3 Å². The van der Waals surface area contributed by atoms with Gasteiger partial charge in [-0.2, -0.15) is 0 Å². The predicted octanol–water partition coefficient (Wildman–Crippen LogP) is 4.28. The molecule has 2 heterocycles. The van der Waals surface area contributed by atoms with E-state index in [1.807, 2.05) is 57.2 Å². The zero-order valence-corrected chi connectivity index (χ0v) is 18.4. The molecule has 0 saturated carbocycles. The van der Waals surface area contributed by atoms with Crippen LogP contribution < -0.4 is 0 Å². The lowest BCUT2D eigenvalue weighted by atomic mass is 9.81. The average molecular weight is 423 g/mol. The molecule has 0 spiro atoms. The van der Waals surface area contributed by atoms with Crippen LogP contribution >= 0.6 is 0 Å². The van der Waals surface area contributed by atoms with Crippen molar-refractivity contribution < 1.29 is 19.1 Å². The Morgan fingerprint density at radius 1 is 1.00 bits per heavy atom. The SMILES string of the molecule is CC(C)(C)OC(=O)N1CCN2C(=O)OC(Cc3ccccc3)(Cc3ccccc3)C2C1. The predicted molar refractivity (Wildman–Crippen MR) is 118 cm³/mol. The van der Waals surface area contributed by atoms with Crippen molar-refractivity contribution in [2.75, 3.05) is 19.6 Å². The monoisotopic (exact) mass is 422 g/mol. The minimum Gasteiger partial charge on any atom is -0.444 e. The number of carbonyl (C=O) groups excluding carboxylic acids is 2. The van der Waals surface area contributed by atoms with Crippen LogP contribution in [-0.4, -0.2) is 58.9 Å². The molecule has 2 amide bonds. The van der Waals surface area contributed by atoms with Crippen molar-refractivity contribution in [1.29, 1.82) is 0 Å². The first-order valence-electron chi connectivity index (χ1n) is 10.8. The second-order valence-corrected chi connectivity index (χ2v) is 9.39. The van der Waals surface area contributed by atoms with Gasteiger partial charge in [0, 0.05) is 32.5 Å². The molecule has 0 radical (unpaired) electrons. The summed E-state index contributed by atoms with van der Waals surface area (Å²) in [7, 11) is 0. The van der Waals surface area contributed by atoms with Crippen LogP contribution in [-0.2, 0) is 22.3 Å². The number of rotatable bonds is 4. The Morgan fingerprint density at radius 3 is 2.06 bits per heavy atom. The summed E-state index contributed by atoms with van der Waals surface area (Å²) in [5, 5.41) is 0. The van der Waals surface area contributed by atoms with Gasteiger partial charge in [-0.15, -0.1) is 0 Å². The van der Waals surface area contributed by atoms with Gasteiger partial charge in [0.25, 0.3) is 0 Å². The van der Waals surface area contributed by atoms with E-state index in [9.17, 15) is 9.59 Å². The Kier molecular flexibility index (Phi) is 5.65. The molecule has 0 N–H and O–H groups in total. The fraction of sp³-hybridized carbons (Fsp3) is 0.440. The fourth-order valence-corrected chi connectivity index (χ4v) is 4.50. The molecule has 6 nitrogen and oxygen atoms in total. The van der Waals surface area contributed by atoms with E-state index < -0.39 is 11.2 Å². The van der Waals surface area contributed by atoms with Crippen LogP contribution in [0.4, 0.5) is 9.59 Å². The third-order valence-electron chi connectivity index (χ3n) is 5.86. The van der Waals surface area contributed by atoms with Crippen molar-refractivity contribution in [1.82, 2.24) is 9.80 Å². The third kappa shape index (κ3) is 4.68. The maximum absolute atomic E-state index is 12.9. The van der Waals surface area contributed by atoms with Gasteiger partial charge in [0.2, 0.25) is 0 Å². The molecule has 2 aromatic rings. The van der Waals surface area contributed by atoms with Gasteiger partial charge in [0.1, 0.15) is 11.2 Å². The van der Waals surface area contributed by atoms with Crippen LogP contribution in [0.2, 0.25) is 0 Å². The summed E-state index contributed by atoms with van der Waals surface area (Å²) < 4.78 is 11.7. The second kappa shape index (κ2) is 8.25. The van der Waals surface area contributed by atoms with Gasteiger partial charge >= 0.3 is 12.2 Å². The first kappa shape index (κ1) is 21.2. The fourth-order valence-electron chi connectivity index (χ4n) is 4.50. The molecule has 1 unspecified atom stereocenters. The number of piperazine rings is 1. The van der Waals surface area contributed by atoms with E-state index in [0.29, 0.717) is 32.5 Å². The molecule has 2 aromatic carbocycles. The highest BCUT2D eigenvalue weighted by Gasteiger charge is 2.56. The van der Waals surface area contributed by atoms with Crippen molar-refractivity contribution >= 4 is 12.2 Å². The molecule has 0 aromatic heterocycles. The minimum atomic E-state index is -0.763. The highest BCUT2D eigenvalue weighted by Crippen LogP contribution is 2.38. The molecule has 164 valence electrons. The minimum absolute atomic E-state index is 0.248. The lowest BCUT2D eigenvalue weighted by molar-refractivity contribution is -0.00722. The number of hydrogen-bond donors (Lipinski definition) is 0. The average Bonchev–Trinajstić information content (AvgIpc) is 2.99. The number of cyclic esters (lactones) is 1. The normalized spacial score (nSPS) is 20.2. The van der Waals surface area contributed by atoms with Gasteiger partial charge in [0.05, 0.1) is 6.04 Å². The smallest absolute Gasteiger partial charge is 0.410 e. The van der Waals surface area contributed by atoms with Crippen molar-refractivity contribution in [3.8, 4) is 0 Å². The van der Waals surface area contributed by atoms with Crippen molar-refractivity contribution in [2.45, 2.75) is 50.9 Å². The van der Waals surface area contributed by atoms with Gasteiger partial charge in [-0.25, -0.2) is 9.59 Å². The number of hydrogen-bond acceptors (Lipinski definition) is 4. The number of amides is 2. The molecule has 1 atom stereocenters. The van der Waals surface area contributed by atoms with E-state index in [1.54, 1.807) is 9.80 Å². The Bertz CT molecular complexity index is 882. The van der Waals surface area contributed by atoms with Crippen molar-refractivity contribution in [2.24, 2.45) is 0 Å².